The highest BCUT2D eigenvalue weighted by Gasteiger charge is 2.33. The van der Waals surface area contributed by atoms with Gasteiger partial charge in [-0.15, -0.1) is 0 Å². The summed E-state index contributed by atoms with van der Waals surface area (Å²) in [6.07, 6.45) is 1.38. The summed E-state index contributed by atoms with van der Waals surface area (Å²) in [5.74, 6) is 1.76. The molecule has 11 heavy (non-hydrogen) atoms. The zero-order valence-electron chi connectivity index (χ0n) is 6.55. The van der Waals surface area contributed by atoms with Crippen molar-refractivity contribution >= 4 is 15.9 Å². The Kier molecular flexibility index (Phi) is 1.76. The molecule has 2 rings (SSSR count). The van der Waals surface area contributed by atoms with E-state index in [9.17, 15) is 0 Å². The molecule has 1 aromatic carbocycles. The Labute approximate surface area is 75.8 Å². The van der Waals surface area contributed by atoms with Crippen LogP contribution in [0.15, 0.2) is 28.7 Å². The topological polar surface area (TPSA) is 0 Å². The van der Waals surface area contributed by atoms with Crippen LogP contribution in [0, 0.1) is 5.92 Å². The van der Waals surface area contributed by atoms with Crippen LogP contribution in [0.3, 0.4) is 0 Å². The first-order chi connectivity index (χ1) is 5.27. The molecule has 0 aromatic heterocycles. The fourth-order valence-electron chi connectivity index (χ4n) is 1.50. The standard InChI is InChI=1S/C10H11Br/c1-7-6-10(7)8-2-4-9(11)5-3-8/h2-5,7,10H,6H2,1H3. The van der Waals surface area contributed by atoms with E-state index < -0.39 is 0 Å². The van der Waals surface area contributed by atoms with Crippen LogP contribution >= 0.6 is 15.9 Å². The molecule has 1 fully saturated rings. The van der Waals surface area contributed by atoms with Crippen molar-refractivity contribution in [2.24, 2.45) is 5.92 Å². The van der Waals surface area contributed by atoms with Crippen LogP contribution in [-0.2, 0) is 0 Å². The van der Waals surface area contributed by atoms with Crippen molar-refractivity contribution in [3.8, 4) is 0 Å². The lowest BCUT2D eigenvalue weighted by Gasteiger charge is -1.97. The van der Waals surface area contributed by atoms with Crippen LogP contribution in [0.2, 0.25) is 0 Å². The summed E-state index contributed by atoms with van der Waals surface area (Å²) in [4.78, 5) is 0. The van der Waals surface area contributed by atoms with Crippen molar-refractivity contribution < 1.29 is 0 Å². The predicted octanol–water partition coefficient (Wildman–Crippen LogP) is 3.57. The molecule has 2 unspecified atom stereocenters. The first-order valence-corrected chi connectivity index (χ1v) is 4.82. The molecule has 0 bridgehead atoms. The van der Waals surface area contributed by atoms with Crippen LogP contribution in [-0.4, -0.2) is 0 Å². The summed E-state index contributed by atoms with van der Waals surface area (Å²) in [6.45, 7) is 2.31. The molecule has 0 amide bonds. The average molecular weight is 211 g/mol. The van der Waals surface area contributed by atoms with Gasteiger partial charge in [0.1, 0.15) is 0 Å². The number of benzene rings is 1. The van der Waals surface area contributed by atoms with Crippen molar-refractivity contribution in [3.05, 3.63) is 34.3 Å². The predicted molar refractivity (Wildman–Crippen MR) is 50.7 cm³/mol. The number of halogens is 1. The van der Waals surface area contributed by atoms with Crippen molar-refractivity contribution in [1.29, 1.82) is 0 Å². The normalized spacial score (nSPS) is 28.5. The van der Waals surface area contributed by atoms with Gasteiger partial charge in [-0.05, 0) is 36.0 Å². The van der Waals surface area contributed by atoms with Gasteiger partial charge in [-0.25, -0.2) is 0 Å². The van der Waals surface area contributed by atoms with E-state index in [0.717, 1.165) is 11.8 Å². The summed E-state index contributed by atoms with van der Waals surface area (Å²) in [5, 5.41) is 0. The van der Waals surface area contributed by atoms with Gasteiger partial charge in [-0.1, -0.05) is 35.0 Å². The lowest BCUT2D eigenvalue weighted by atomic mass is 10.1. The van der Waals surface area contributed by atoms with E-state index in [2.05, 4.69) is 47.1 Å². The second kappa shape index (κ2) is 2.63. The van der Waals surface area contributed by atoms with Gasteiger partial charge in [-0.2, -0.15) is 0 Å². The minimum Gasteiger partial charge on any atom is -0.0619 e. The molecule has 1 aliphatic carbocycles. The fourth-order valence-corrected chi connectivity index (χ4v) is 1.76. The third kappa shape index (κ3) is 1.48. The maximum Gasteiger partial charge on any atom is 0.0175 e. The fraction of sp³-hybridized carbons (Fsp3) is 0.400. The molecule has 0 saturated heterocycles. The molecule has 0 aliphatic heterocycles. The van der Waals surface area contributed by atoms with E-state index in [1.54, 1.807) is 0 Å². The molecule has 2 atom stereocenters. The summed E-state index contributed by atoms with van der Waals surface area (Å²) in [5.41, 5.74) is 1.50. The van der Waals surface area contributed by atoms with Crippen LogP contribution in [0.25, 0.3) is 0 Å². The molecule has 1 saturated carbocycles. The van der Waals surface area contributed by atoms with Gasteiger partial charge in [-0.3, -0.25) is 0 Å². The summed E-state index contributed by atoms with van der Waals surface area (Å²) >= 11 is 3.43. The van der Waals surface area contributed by atoms with Gasteiger partial charge < -0.3 is 0 Å². The first-order valence-electron chi connectivity index (χ1n) is 4.03. The largest absolute Gasteiger partial charge is 0.0619 e. The average Bonchev–Trinajstić information content (AvgIpc) is 2.69. The van der Waals surface area contributed by atoms with E-state index in [-0.39, 0.29) is 0 Å². The van der Waals surface area contributed by atoms with Crippen molar-refractivity contribution in [3.63, 3.8) is 0 Å². The van der Waals surface area contributed by atoms with Crippen LogP contribution in [0.5, 0.6) is 0 Å². The van der Waals surface area contributed by atoms with E-state index in [1.807, 2.05) is 0 Å². The van der Waals surface area contributed by atoms with E-state index >= 15 is 0 Å². The number of hydrogen-bond donors (Lipinski definition) is 0. The Bertz CT molecular complexity index is 250. The third-order valence-electron chi connectivity index (χ3n) is 2.41. The van der Waals surface area contributed by atoms with Crippen LogP contribution < -0.4 is 0 Å². The molecule has 58 valence electrons. The Morgan fingerprint density at radius 1 is 1.27 bits per heavy atom. The highest BCUT2D eigenvalue weighted by Crippen LogP contribution is 2.46. The van der Waals surface area contributed by atoms with E-state index in [4.69, 9.17) is 0 Å². The second-order valence-electron chi connectivity index (χ2n) is 3.37. The van der Waals surface area contributed by atoms with Gasteiger partial charge in [0.05, 0.1) is 0 Å². The Morgan fingerprint density at radius 2 is 1.82 bits per heavy atom. The maximum atomic E-state index is 3.43. The van der Waals surface area contributed by atoms with Gasteiger partial charge in [0.25, 0.3) is 0 Å². The van der Waals surface area contributed by atoms with Gasteiger partial charge >= 0.3 is 0 Å². The van der Waals surface area contributed by atoms with Gasteiger partial charge in [0, 0.05) is 4.47 Å². The van der Waals surface area contributed by atoms with Crippen molar-refractivity contribution in [2.75, 3.05) is 0 Å². The molecular weight excluding hydrogens is 200 g/mol. The van der Waals surface area contributed by atoms with E-state index in [1.165, 1.54) is 16.5 Å². The Balaban J connectivity index is 2.21. The lowest BCUT2D eigenvalue weighted by Crippen LogP contribution is -1.78. The number of hydrogen-bond acceptors (Lipinski definition) is 0. The summed E-state index contributed by atoms with van der Waals surface area (Å²) in [7, 11) is 0. The molecule has 0 N–H and O–H groups in total. The molecule has 0 radical (unpaired) electrons. The number of rotatable bonds is 1. The molecule has 0 heterocycles. The summed E-state index contributed by atoms with van der Waals surface area (Å²) < 4.78 is 1.18. The highest BCUT2D eigenvalue weighted by atomic mass is 79.9. The first kappa shape index (κ1) is 7.35. The molecular formula is C10H11Br. The molecule has 1 aromatic rings. The minimum absolute atomic E-state index is 0.850. The minimum atomic E-state index is 0.850. The monoisotopic (exact) mass is 210 g/mol. The van der Waals surface area contributed by atoms with Crippen molar-refractivity contribution in [2.45, 2.75) is 19.3 Å². The SMILES string of the molecule is CC1CC1c1ccc(Br)cc1. The Morgan fingerprint density at radius 3 is 2.27 bits per heavy atom. The molecule has 0 nitrogen and oxygen atoms in total. The zero-order chi connectivity index (χ0) is 7.84. The highest BCUT2D eigenvalue weighted by molar-refractivity contribution is 9.10. The molecule has 0 spiro atoms. The van der Waals surface area contributed by atoms with Gasteiger partial charge in [0.2, 0.25) is 0 Å². The quantitative estimate of drug-likeness (QED) is 0.666. The molecule has 1 aliphatic rings. The lowest BCUT2D eigenvalue weighted by molar-refractivity contribution is 0.914. The smallest absolute Gasteiger partial charge is 0.0175 e. The zero-order valence-corrected chi connectivity index (χ0v) is 8.14. The van der Waals surface area contributed by atoms with Crippen LogP contribution in [0.1, 0.15) is 24.8 Å². The van der Waals surface area contributed by atoms with Crippen molar-refractivity contribution in [1.82, 2.24) is 0 Å². The Hall–Kier alpha value is -0.300. The summed E-state index contributed by atoms with van der Waals surface area (Å²) in [6, 6.07) is 8.69. The van der Waals surface area contributed by atoms with Gasteiger partial charge in [0.15, 0.2) is 0 Å². The van der Waals surface area contributed by atoms with Crippen LogP contribution in [0.4, 0.5) is 0 Å². The third-order valence-corrected chi connectivity index (χ3v) is 2.94. The molecule has 1 heteroatoms. The van der Waals surface area contributed by atoms with E-state index in [0.29, 0.717) is 0 Å². The maximum absolute atomic E-state index is 3.43. The second-order valence-corrected chi connectivity index (χ2v) is 4.29.